The number of hydrogen-bond donors (Lipinski definition) is 6. The van der Waals surface area contributed by atoms with E-state index in [9.17, 15) is 39.2 Å². The molecule has 53 heavy (non-hydrogen) atoms. The number of nitrogens with two attached hydrogens (primary N) is 1. The van der Waals surface area contributed by atoms with Crippen molar-refractivity contribution in [2.24, 2.45) is 11.8 Å². The summed E-state index contributed by atoms with van der Waals surface area (Å²) in [6.07, 6.45) is 8.21. The molecule has 292 valence electrons. The van der Waals surface area contributed by atoms with Crippen molar-refractivity contribution in [2.75, 3.05) is 12.3 Å². The van der Waals surface area contributed by atoms with Gasteiger partial charge in [0.25, 0.3) is 11.6 Å². The zero-order valence-corrected chi connectivity index (χ0v) is 31.5. The number of anilines is 1. The van der Waals surface area contributed by atoms with Crippen molar-refractivity contribution in [3.05, 3.63) is 69.8 Å². The molecule has 0 aliphatic heterocycles. The lowest BCUT2D eigenvalue weighted by molar-refractivity contribution is -0.384. The first kappa shape index (κ1) is 44.2. The fraction of sp³-hybridized carbons (Fsp3) is 0.564. The number of nitrogen functional groups attached to an aromatic ring is 1. The summed E-state index contributed by atoms with van der Waals surface area (Å²) in [5.41, 5.74) is 7.19. The van der Waals surface area contributed by atoms with Crippen LogP contribution in [0, 0.1) is 22.0 Å². The zero-order chi connectivity index (χ0) is 39.3. The SMILES string of the molecule is CC(C)C[C@H](NC(=O)[C@H](Cc1ccc([N+](=O)[O-])cc1)NC(=O)[C@H](CC(C)C)NC(=O)CCCCCCCCCCNC(=O)c1ccccc1N)C(=O)O. The number of nitrogens with one attached hydrogen (secondary N) is 4. The van der Waals surface area contributed by atoms with E-state index in [1.165, 1.54) is 24.3 Å². The molecule has 0 heterocycles. The summed E-state index contributed by atoms with van der Waals surface area (Å²) in [7, 11) is 0. The average molecular weight is 739 g/mol. The molecule has 4 amide bonds. The molecule has 7 N–H and O–H groups in total. The lowest BCUT2D eigenvalue weighted by Crippen LogP contribution is -2.56. The first-order chi connectivity index (χ1) is 25.2. The molecule has 0 aromatic heterocycles. The molecule has 14 nitrogen and oxygen atoms in total. The monoisotopic (exact) mass is 738 g/mol. The highest BCUT2D eigenvalue weighted by Crippen LogP contribution is 2.16. The number of hydrogen-bond acceptors (Lipinski definition) is 8. The van der Waals surface area contributed by atoms with Crippen LogP contribution in [0.4, 0.5) is 11.4 Å². The molecule has 14 heteroatoms. The highest BCUT2D eigenvalue weighted by atomic mass is 16.6. The van der Waals surface area contributed by atoms with Crippen LogP contribution >= 0.6 is 0 Å². The van der Waals surface area contributed by atoms with Gasteiger partial charge in [-0.05, 0) is 55.2 Å². The second kappa shape index (κ2) is 23.5. The van der Waals surface area contributed by atoms with E-state index in [2.05, 4.69) is 21.3 Å². The maximum absolute atomic E-state index is 13.6. The third-order valence-electron chi connectivity index (χ3n) is 8.72. The number of carbonyl (C=O) groups is 5. The largest absolute Gasteiger partial charge is 0.480 e. The molecule has 0 fully saturated rings. The molecule has 0 saturated carbocycles. The highest BCUT2D eigenvalue weighted by Gasteiger charge is 2.30. The number of amides is 4. The predicted molar refractivity (Wildman–Crippen MR) is 204 cm³/mol. The van der Waals surface area contributed by atoms with Gasteiger partial charge < -0.3 is 32.1 Å². The van der Waals surface area contributed by atoms with Crippen LogP contribution in [0.25, 0.3) is 0 Å². The molecule has 0 saturated heterocycles. The second-order valence-electron chi connectivity index (χ2n) is 14.4. The van der Waals surface area contributed by atoms with Gasteiger partial charge in [-0.3, -0.25) is 29.3 Å². The Morgan fingerprint density at radius 3 is 1.81 bits per heavy atom. The summed E-state index contributed by atoms with van der Waals surface area (Å²) in [6.45, 7) is 8.07. The first-order valence-electron chi connectivity index (χ1n) is 18.7. The maximum Gasteiger partial charge on any atom is 0.326 e. The van der Waals surface area contributed by atoms with Gasteiger partial charge in [-0.1, -0.05) is 90.5 Å². The molecule has 0 unspecified atom stereocenters. The van der Waals surface area contributed by atoms with Crippen LogP contribution in [0.5, 0.6) is 0 Å². The van der Waals surface area contributed by atoms with E-state index in [4.69, 9.17) is 5.73 Å². The Labute approximate surface area is 312 Å². The van der Waals surface area contributed by atoms with Crippen molar-refractivity contribution < 1.29 is 34.0 Å². The fourth-order valence-electron chi connectivity index (χ4n) is 5.88. The van der Waals surface area contributed by atoms with Crippen molar-refractivity contribution in [3.63, 3.8) is 0 Å². The number of rotatable bonds is 25. The van der Waals surface area contributed by atoms with E-state index >= 15 is 0 Å². The van der Waals surface area contributed by atoms with Crippen LogP contribution in [0.2, 0.25) is 0 Å². The lowest BCUT2D eigenvalue weighted by Gasteiger charge is -2.26. The van der Waals surface area contributed by atoms with E-state index in [1.807, 2.05) is 27.7 Å². The van der Waals surface area contributed by atoms with E-state index in [0.29, 0.717) is 36.2 Å². The van der Waals surface area contributed by atoms with E-state index in [-0.39, 0.29) is 48.6 Å². The van der Waals surface area contributed by atoms with Crippen LogP contribution < -0.4 is 27.0 Å². The summed E-state index contributed by atoms with van der Waals surface area (Å²) in [5.74, 6) is -2.91. The molecule has 0 aliphatic rings. The Hall–Kier alpha value is -5.01. The molecule has 2 aromatic carbocycles. The smallest absolute Gasteiger partial charge is 0.326 e. The van der Waals surface area contributed by atoms with Crippen molar-refractivity contribution in [2.45, 2.75) is 123 Å². The normalized spacial score (nSPS) is 12.8. The quantitative estimate of drug-likeness (QED) is 0.0336. The van der Waals surface area contributed by atoms with Gasteiger partial charge >= 0.3 is 5.97 Å². The number of carboxylic acids is 1. The third kappa shape index (κ3) is 17.4. The molecule has 2 aromatic rings. The number of nitrogens with zero attached hydrogens (tertiary/aromatic N) is 1. The number of nitro benzene ring substituents is 1. The average Bonchev–Trinajstić information content (AvgIpc) is 3.09. The molecule has 2 rings (SSSR count). The standard InChI is InChI=1S/C39H58N6O8/c1-26(2)23-32(42-35(46)17-11-9-7-5-6-8-10-14-22-41-36(47)30-15-12-13-16-31(30)40)37(48)43-33(25-28-18-20-29(21-19-28)45(52)53)38(49)44-34(39(50)51)24-27(3)4/h12-13,15-16,18-21,26-27,32-34H,5-11,14,17,22-25,40H2,1-4H3,(H,41,47)(H,42,46)(H,43,48)(H,44,49)(H,50,51)/t32-,33-,34-/m0/s1. The Balaban J connectivity index is 1.85. The van der Waals surface area contributed by atoms with Crippen LogP contribution in [0.1, 0.15) is 114 Å². The van der Waals surface area contributed by atoms with Crippen molar-refractivity contribution in [1.82, 2.24) is 21.3 Å². The summed E-state index contributed by atoms with van der Waals surface area (Å²) in [5, 5.41) is 31.8. The number of non-ortho nitro benzene ring substituents is 1. The number of benzene rings is 2. The maximum atomic E-state index is 13.6. The van der Waals surface area contributed by atoms with Crippen LogP contribution in [-0.4, -0.2) is 64.3 Å². The number of unbranched alkanes of at least 4 members (excludes halogenated alkanes) is 7. The van der Waals surface area contributed by atoms with Gasteiger partial charge in [0.2, 0.25) is 17.7 Å². The predicted octanol–water partition coefficient (Wildman–Crippen LogP) is 5.29. The van der Waals surface area contributed by atoms with Crippen molar-refractivity contribution in [3.8, 4) is 0 Å². The number of para-hydroxylation sites is 1. The molecule has 0 radical (unpaired) electrons. The van der Waals surface area contributed by atoms with Gasteiger partial charge in [-0.2, -0.15) is 0 Å². The van der Waals surface area contributed by atoms with Gasteiger partial charge in [0.1, 0.15) is 18.1 Å². The fourth-order valence-corrected chi connectivity index (χ4v) is 5.88. The Bertz CT molecular complexity index is 1500. The van der Waals surface area contributed by atoms with Gasteiger partial charge in [0, 0.05) is 37.2 Å². The van der Waals surface area contributed by atoms with Gasteiger partial charge in [0.15, 0.2) is 0 Å². The minimum absolute atomic E-state index is 0.0246. The Morgan fingerprint density at radius 1 is 0.717 bits per heavy atom. The third-order valence-corrected chi connectivity index (χ3v) is 8.72. The van der Waals surface area contributed by atoms with Gasteiger partial charge in [0.05, 0.1) is 10.5 Å². The molecular weight excluding hydrogens is 680 g/mol. The van der Waals surface area contributed by atoms with E-state index in [0.717, 1.165) is 44.9 Å². The number of carboxylic acid groups (broad SMARTS) is 1. The first-order valence-corrected chi connectivity index (χ1v) is 18.7. The van der Waals surface area contributed by atoms with Gasteiger partial charge in [-0.15, -0.1) is 0 Å². The van der Waals surface area contributed by atoms with Crippen LogP contribution in [0.15, 0.2) is 48.5 Å². The minimum Gasteiger partial charge on any atom is -0.480 e. The van der Waals surface area contributed by atoms with E-state index < -0.39 is 40.8 Å². The summed E-state index contributed by atoms with van der Waals surface area (Å²) < 4.78 is 0. The topological polar surface area (TPSA) is 223 Å². The molecule has 3 atom stereocenters. The molecular formula is C39H58N6O8. The summed E-state index contributed by atoms with van der Waals surface area (Å²) in [4.78, 5) is 74.6. The number of carbonyl (C=O) groups excluding carboxylic acids is 4. The summed E-state index contributed by atoms with van der Waals surface area (Å²) >= 11 is 0. The number of nitro groups is 1. The summed E-state index contributed by atoms with van der Waals surface area (Å²) in [6, 6.07) is 9.23. The Morgan fingerprint density at radius 2 is 1.25 bits per heavy atom. The lowest BCUT2D eigenvalue weighted by atomic mass is 9.99. The van der Waals surface area contributed by atoms with Crippen molar-refractivity contribution >= 4 is 41.0 Å². The van der Waals surface area contributed by atoms with Crippen molar-refractivity contribution in [1.29, 1.82) is 0 Å². The van der Waals surface area contributed by atoms with E-state index in [1.54, 1.807) is 24.3 Å². The van der Waals surface area contributed by atoms with Crippen LogP contribution in [0.3, 0.4) is 0 Å². The Kier molecular flexibility index (Phi) is 19.6. The second-order valence-corrected chi connectivity index (χ2v) is 14.4. The van der Waals surface area contributed by atoms with Crippen LogP contribution in [-0.2, 0) is 25.6 Å². The minimum atomic E-state index is -1.20. The zero-order valence-electron chi connectivity index (χ0n) is 31.5. The molecule has 0 spiro atoms. The van der Waals surface area contributed by atoms with Gasteiger partial charge in [-0.25, -0.2) is 4.79 Å². The molecule has 0 aliphatic carbocycles. The number of aliphatic carboxylic acids is 1. The highest BCUT2D eigenvalue weighted by molar-refractivity contribution is 5.99. The molecule has 0 bridgehead atoms.